The summed E-state index contributed by atoms with van der Waals surface area (Å²) in [6, 6.07) is 5.89. The van der Waals surface area contributed by atoms with Crippen LogP contribution in [-0.4, -0.2) is 54.5 Å². The number of hydrogen-bond acceptors (Lipinski definition) is 7. The van der Waals surface area contributed by atoms with Gasteiger partial charge in [0.15, 0.2) is 5.75 Å². The van der Waals surface area contributed by atoms with Crippen molar-refractivity contribution in [1.82, 2.24) is 14.1 Å². The number of hydrogen-bond donors (Lipinski definition) is 1. The van der Waals surface area contributed by atoms with Crippen LogP contribution in [0.3, 0.4) is 0 Å². The summed E-state index contributed by atoms with van der Waals surface area (Å²) in [6.45, 7) is 3.44. The van der Waals surface area contributed by atoms with Gasteiger partial charge >= 0.3 is 5.69 Å². The number of rotatable bonds is 7. The largest absolute Gasteiger partial charge is 0.492 e. The molecule has 1 saturated carbocycles. The molecule has 2 aliphatic rings. The molecule has 9 heteroatoms. The van der Waals surface area contributed by atoms with E-state index in [1.165, 1.54) is 0 Å². The summed E-state index contributed by atoms with van der Waals surface area (Å²) in [5.74, 6) is 6.81. The van der Waals surface area contributed by atoms with Crippen molar-refractivity contribution in [3.63, 3.8) is 0 Å². The van der Waals surface area contributed by atoms with Crippen molar-refractivity contribution in [2.24, 2.45) is 5.92 Å². The Morgan fingerprint density at radius 2 is 2.07 bits per heavy atom. The molecule has 1 saturated heterocycles. The molecular weight excluding hydrogens is 384 g/mol. The highest BCUT2D eigenvalue weighted by Crippen LogP contribution is 2.42. The molecule has 0 amide bonds. The lowest BCUT2D eigenvalue weighted by Gasteiger charge is -2.25. The van der Waals surface area contributed by atoms with Gasteiger partial charge in [-0.05, 0) is 44.4 Å². The van der Waals surface area contributed by atoms with Gasteiger partial charge < -0.3 is 20.4 Å². The Labute approximate surface area is 174 Å². The van der Waals surface area contributed by atoms with Crippen molar-refractivity contribution in [1.29, 1.82) is 5.26 Å². The topological polar surface area (TPSA) is 110 Å². The highest BCUT2D eigenvalue weighted by atomic mass is 16.5. The minimum atomic E-state index is -0.504. The fraction of sp³-hybridized carbons (Fsp3) is 0.571. The van der Waals surface area contributed by atoms with Crippen LogP contribution in [0.4, 0.5) is 5.69 Å². The fourth-order valence-corrected chi connectivity index (χ4v) is 4.50. The van der Waals surface area contributed by atoms with Crippen molar-refractivity contribution < 1.29 is 4.74 Å². The standard InChI is InChI=1S/C21H28N6O3/c1-24(10-3-9-22)12-14-8-11-25(13-14)17-7-6-16-18(19(17)30-2)26(15-4-5-15)21(29)27(23)20(16)28/h6-7,14-15H,3-5,8,10-13,23H2,1-2H3. The second-order valence-electron chi connectivity index (χ2n) is 8.34. The normalized spacial score (nSPS) is 18.9. The Bertz CT molecular complexity index is 1110. The molecule has 2 heterocycles. The smallest absolute Gasteiger partial charge is 0.350 e. The van der Waals surface area contributed by atoms with Crippen LogP contribution in [0, 0.1) is 17.2 Å². The average Bonchev–Trinajstić information content (AvgIpc) is 3.47. The summed E-state index contributed by atoms with van der Waals surface area (Å²) in [5, 5.41) is 9.18. The van der Waals surface area contributed by atoms with Gasteiger partial charge in [0.2, 0.25) is 0 Å². The van der Waals surface area contributed by atoms with Gasteiger partial charge in [-0.2, -0.15) is 9.94 Å². The van der Waals surface area contributed by atoms with E-state index in [0.29, 0.717) is 33.7 Å². The lowest BCUT2D eigenvalue weighted by atomic mass is 10.1. The van der Waals surface area contributed by atoms with Crippen LogP contribution in [0.1, 0.15) is 31.7 Å². The maximum atomic E-state index is 12.7. The van der Waals surface area contributed by atoms with Crippen LogP contribution in [0.15, 0.2) is 21.7 Å². The molecule has 0 radical (unpaired) electrons. The predicted octanol–water partition coefficient (Wildman–Crippen LogP) is 0.892. The van der Waals surface area contributed by atoms with Gasteiger partial charge in [-0.3, -0.25) is 9.36 Å². The average molecular weight is 412 g/mol. The molecule has 2 aromatic rings. The Morgan fingerprint density at radius 1 is 1.30 bits per heavy atom. The molecule has 9 nitrogen and oxygen atoms in total. The zero-order valence-corrected chi connectivity index (χ0v) is 17.5. The zero-order valence-electron chi connectivity index (χ0n) is 17.5. The lowest BCUT2D eigenvalue weighted by molar-refractivity contribution is 0.292. The number of aromatic nitrogens is 2. The van der Waals surface area contributed by atoms with E-state index in [1.807, 2.05) is 13.1 Å². The minimum Gasteiger partial charge on any atom is -0.492 e. The molecule has 1 aromatic carbocycles. The maximum absolute atomic E-state index is 12.7. The fourth-order valence-electron chi connectivity index (χ4n) is 4.50. The van der Waals surface area contributed by atoms with Gasteiger partial charge in [0.25, 0.3) is 5.56 Å². The molecule has 1 aromatic heterocycles. The van der Waals surface area contributed by atoms with Crippen molar-refractivity contribution in [2.75, 3.05) is 51.1 Å². The number of nitrogen functional groups attached to an aromatic ring is 1. The van der Waals surface area contributed by atoms with Crippen LogP contribution < -0.4 is 26.7 Å². The van der Waals surface area contributed by atoms with Crippen LogP contribution in [0.2, 0.25) is 0 Å². The molecule has 1 aliphatic heterocycles. The van der Waals surface area contributed by atoms with Crippen molar-refractivity contribution in [3.8, 4) is 11.8 Å². The number of nitrogens with two attached hydrogens (primary N) is 1. The number of fused-ring (bicyclic) bond motifs is 1. The van der Waals surface area contributed by atoms with E-state index in [-0.39, 0.29) is 6.04 Å². The molecule has 2 N–H and O–H groups in total. The third-order valence-corrected chi connectivity index (χ3v) is 6.13. The number of nitriles is 1. The van der Waals surface area contributed by atoms with Crippen LogP contribution in [0.25, 0.3) is 10.9 Å². The number of ether oxygens (including phenoxy) is 1. The first-order valence-electron chi connectivity index (χ1n) is 10.4. The maximum Gasteiger partial charge on any atom is 0.350 e. The van der Waals surface area contributed by atoms with E-state index in [9.17, 15) is 9.59 Å². The Hall–Kier alpha value is -2.99. The molecular formula is C21H28N6O3. The van der Waals surface area contributed by atoms with E-state index < -0.39 is 11.2 Å². The van der Waals surface area contributed by atoms with Gasteiger partial charge in [-0.15, -0.1) is 0 Å². The Balaban J connectivity index is 1.70. The summed E-state index contributed by atoms with van der Waals surface area (Å²) in [4.78, 5) is 29.8. The van der Waals surface area contributed by atoms with Gasteiger partial charge in [-0.1, -0.05) is 0 Å². The molecule has 4 rings (SSSR count). The van der Waals surface area contributed by atoms with Crippen LogP contribution >= 0.6 is 0 Å². The molecule has 0 bridgehead atoms. The van der Waals surface area contributed by atoms with Crippen LogP contribution in [-0.2, 0) is 0 Å². The number of nitrogens with zero attached hydrogens (tertiary/aromatic N) is 5. The second kappa shape index (κ2) is 8.03. The summed E-state index contributed by atoms with van der Waals surface area (Å²) in [5.41, 5.74) is 0.443. The van der Waals surface area contributed by atoms with E-state index in [4.69, 9.17) is 15.8 Å². The zero-order chi connectivity index (χ0) is 21.4. The molecule has 1 aliphatic carbocycles. The van der Waals surface area contributed by atoms with Crippen molar-refractivity contribution >= 4 is 16.6 Å². The minimum absolute atomic E-state index is 0.0552. The highest BCUT2D eigenvalue weighted by molar-refractivity contribution is 5.90. The molecule has 1 unspecified atom stereocenters. The molecule has 1 atom stereocenters. The van der Waals surface area contributed by atoms with Gasteiger partial charge in [0.05, 0.1) is 24.3 Å². The second-order valence-corrected chi connectivity index (χ2v) is 8.34. The Kier molecular flexibility index (Phi) is 5.43. The van der Waals surface area contributed by atoms with E-state index in [2.05, 4.69) is 15.9 Å². The molecule has 2 fully saturated rings. The van der Waals surface area contributed by atoms with E-state index in [0.717, 1.165) is 51.1 Å². The predicted molar refractivity (Wildman–Crippen MR) is 115 cm³/mol. The first kappa shape index (κ1) is 20.3. The van der Waals surface area contributed by atoms with Gasteiger partial charge in [0, 0.05) is 38.6 Å². The first-order chi connectivity index (χ1) is 14.5. The van der Waals surface area contributed by atoms with Gasteiger partial charge in [0.1, 0.15) is 5.52 Å². The number of anilines is 1. The summed E-state index contributed by atoms with van der Waals surface area (Å²) < 4.78 is 8.10. The first-order valence-corrected chi connectivity index (χ1v) is 10.4. The lowest BCUT2D eigenvalue weighted by Crippen LogP contribution is -2.44. The molecule has 30 heavy (non-hydrogen) atoms. The quantitative estimate of drug-likeness (QED) is 0.673. The molecule has 160 valence electrons. The Morgan fingerprint density at radius 3 is 2.73 bits per heavy atom. The summed E-state index contributed by atoms with van der Waals surface area (Å²) >= 11 is 0. The number of methoxy groups -OCH3 is 1. The SMILES string of the molecule is COc1c(N2CCC(CN(C)CCC#N)C2)ccc2c(=O)n(N)c(=O)n(C3CC3)c12. The third kappa shape index (κ3) is 3.52. The van der Waals surface area contributed by atoms with Crippen LogP contribution in [0.5, 0.6) is 5.75 Å². The third-order valence-electron chi connectivity index (χ3n) is 6.13. The van der Waals surface area contributed by atoms with E-state index in [1.54, 1.807) is 17.7 Å². The highest BCUT2D eigenvalue weighted by Gasteiger charge is 2.32. The van der Waals surface area contributed by atoms with Gasteiger partial charge in [-0.25, -0.2) is 4.79 Å². The van der Waals surface area contributed by atoms with Crippen molar-refractivity contribution in [3.05, 3.63) is 33.0 Å². The van der Waals surface area contributed by atoms with E-state index >= 15 is 0 Å². The summed E-state index contributed by atoms with van der Waals surface area (Å²) in [7, 11) is 3.62. The number of benzene rings is 1. The monoisotopic (exact) mass is 412 g/mol. The summed E-state index contributed by atoms with van der Waals surface area (Å²) in [6.07, 6.45) is 3.35. The van der Waals surface area contributed by atoms with Crippen molar-refractivity contribution in [2.45, 2.75) is 31.7 Å². The molecule has 0 spiro atoms.